The van der Waals surface area contributed by atoms with Crippen LogP contribution in [-0.2, 0) is 19.8 Å². The lowest BCUT2D eigenvalue weighted by molar-refractivity contribution is -0.137. The third-order valence-electron chi connectivity index (χ3n) is 4.46. The van der Waals surface area contributed by atoms with Crippen LogP contribution in [0, 0.1) is 0 Å². The van der Waals surface area contributed by atoms with E-state index in [4.69, 9.17) is 0 Å². The molecule has 0 aliphatic rings. The van der Waals surface area contributed by atoms with Gasteiger partial charge in [0.2, 0.25) is 0 Å². The van der Waals surface area contributed by atoms with Crippen molar-refractivity contribution in [2.45, 2.75) is 32.5 Å². The number of anilines is 1. The quantitative estimate of drug-likeness (QED) is 0.609. The average molecular weight is 373 g/mol. The van der Waals surface area contributed by atoms with Gasteiger partial charge >= 0.3 is 6.18 Å². The Hall–Kier alpha value is -2.76. The number of aromatic nitrogens is 2. The zero-order chi connectivity index (χ0) is 19.6. The zero-order valence-corrected chi connectivity index (χ0v) is 15.5. The highest BCUT2D eigenvalue weighted by atomic mass is 19.4. The zero-order valence-electron chi connectivity index (χ0n) is 15.5. The van der Waals surface area contributed by atoms with E-state index in [1.54, 1.807) is 6.33 Å². The van der Waals surface area contributed by atoms with Crippen molar-refractivity contribution in [3.05, 3.63) is 71.7 Å². The predicted molar refractivity (Wildman–Crippen MR) is 102 cm³/mol. The molecule has 1 N–H and O–H groups in total. The number of aryl methyl sites for hydroxylation is 1. The molecule has 1 heterocycles. The molecule has 0 aliphatic heterocycles. The average Bonchev–Trinajstić information content (AvgIpc) is 3.05. The maximum Gasteiger partial charge on any atom is 0.416 e. The van der Waals surface area contributed by atoms with Gasteiger partial charge in [-0.15, -0.1) is 0 Å². The van der Waals surface area contributed by atoms with Gasteiger partial charge in [0, 0.05) is 31.0 Å². The normalized spacial score (nSPS) is 11.8. The summed E-state index contributed by atoms with van der Waals surface area (Å²) in [5.74, 6) is 0.386. The van der Waals surface area contributed by atoms with Crippen molar-refractivity contribution < 1.29 is 13.2 Å². The molecule has 0 saturated heterocycles. The Morgan fingerprint density at radius 3 is 2.33 bits per heavy atom. The summed E-state index contributed by atoms with van der Waals surface area (Å²) in [6.07, 6.45) is -0.620. The van der Waals surface area contributed by atoms with E-state index in [1.807, 2.05) is 23.9 Å². The fourth-order valence-electron chi connectivity index (χ4n) is 2.85. The molecule has 3 rings (SSSR count). The lowest BCUT2D eigenvalue weighted by atomic mass is 9.98. The number of imidazole rings is 1. The first-order valence-electron chi connectivity index (χ1n) is 8.76. The summed E-state index contributed by atoms with van der Waals surface area (Å²) < 4.78 is 40.0. The highest BCUT2D eigenvalue weighted by Gasteiger charge is 2.29. The molecular weight excluding hydrogens is 351 g/mol. The molecule has 3 aromatic rings. The summed E-state index contributed by atoms with van der Waals surface area (Å²) in [4.78, 5) is 4.44. The Kier molecular flexibility index (Phi) is 5.26. The Balaban J connectivity index is 1.84. The van der Waals surface area contributed by atoms with Crippen molar-refractivity contribution in [1.82, 2.24) is 9.55 Å². The fourth-order valence-corrected chi connectivity index (χ4v) is 2.85. The number of nitrogens with one attached hydrogen (secondary N) is 1. The first-order chi connectivity index (χ1) is 12.7. The number of benzene rings is 2. The minimum atomic E-state index is -4.31. The molecule has 0 unspecified atom stereocenters. The van der Waals surface area contributed by atoms with Crippen molar-refractivity contribution in [3.8, 4) is 11.3 Å². The van der Waals surface area contributed by atoms with E-state index in [9.17, 15) is 13.2 Å². The van der Waals surface area contributed by atoms with Gasteiger partial charge < -0.3 is 9.88 Å². The largest absolute Gasteiger partial charge is 0.416 e. The van der Waals surface area contributed by atoms with Crippen molar-refractivity contribution in [3.63, 3.8) is 0 Å². The van der Waals surface area contributed by atoms with E-state index in [0.29, 0.717) is 12.5 Å². The molecule has 0 spiro atoms. The molecule has 0 bridgehead atoms. The molecular formula is C21H22F3N3. The van der Waals surface area contributed by atoms with Crippen molar-refractivity contribution in [2.75, 3.05) is 5.32 Å². The number of nitrogens with zero attached hydrogens (tertiary/aromatic N) is 2. The van der Waals surface area contributed by atoms with Crippen LogP contribution in [0.3, 0.4) is 0 Å². The lowest BCUT2D eigenvalue weighted by Gasteiger charge is -2.15. The monoisotopic (exact) mass is 373 g/mol. The maximum atomic E-state index is 12.7. The van der Waals surface area contributed by atoms with Crippen molar-refractivity contribution in [1.29, 1.82) is 0 Å². The summed E-state index contributed by atoms with van der Waals surface area (Å²) >= 11 is 0. The van der Waals surface area contributed by atoms with Crippen LogP contribution in [0.2, 0.25) is 0 Å². The van der Waals surface area contributed by atoms with Crippen LogP contribution in [0.1, 0.15) is 36.5 Å². The van der Waals surface area contributed by atoms with Gasteiger partial charge in [-0.1, -0.05) is 32.0 Å². The smallest absolute Gasteiger partial charge is 0.380 e. The highest BCUT2D eigenvalue weighted by Crippen LogP contribution is 2.32. The van der Waals surface area contributed by atoms with Gasteiger partial charge in [-0.2, -0.15) is 13.2 Å². The van der Waals surface area contributed by atoms with Crippen LogP contribution in [0.15, 0.2) is 55.0 Å². The summed E-state index contributed by atoms with van der Waals surface area (Å²) in [7, 11) is 1.91. The molecule has 0 amide bonds. The Morgan fingerprint density at radius 2 is 1.78 bits per heavy atom. The van der Waals surface area contributed by atoms with Crippen LogP contribution in [-0.4, -0.2) is 9.55 Å². The van der Waals surface area contributed by atoms with Gasteiger partial charge in [-0.25, -0.2) is 4.98 Å². The van der Waals surface area contributed by atoms with E-state index in [-0.39, 0.29) is 0 Å². The van der Waals surface area contributed by atoms with Crippen LogP contribution in [0.4, 0.5) is 18.9 Å². The standard InChI is InChI=1S/C21H22F3N3/c1-14(2)16-6-9-19(18(10-16)20-12-27(3)13-26-20)25-11-15-4-7-17(8-5-15)21(22,23)24/h4-10,12-14,25H,11H2,1-3H3. The molecule has 0 atom stereocenters. The number of hydrogen-bond acceptors (Lipinski definition) is 2. The molecule has 2 aromatic carbocycles. The van der Waals surface area contributed by atoms with E-state index in [2.05, 4.69) is 36.3 Å². The minimum Gasteiger partial charge on any atom is -0.380 e. The first kappa shape index (κ1) is 19.0. The van der Waals surface area contributed by atoms with Gasteiger partial charge in [0.1, 0.15) is 0 Å². The number of rotatable bonds is 5. The molecule has 142 valence electrons. The Morgan fingerprint density at radius 1 is 1.07 bits per heavy atom. The highest BCUT2D eigenvalue weighted by molar-refractivity contribution is 5.76. The summed E-state index contributed by atoms with van der Waals surface area (Å²) in [5, 5.41) is 3.33. The van der Waals surface area contributed by atoms with Crippen LogP contribution >= 0.6 is 0 Å². The third-order valence-corrected chi connectivity index (χ3v) is 4.46. The number of hydrogen-bond donors (Lipinski definition) is 1. The Labute approximate surface area is 156 Å². The summed E-state index contributed by atoms with van der Waals surface area (Å²) in [5.41, 5.74) is 4.09. The van der Waals surface area contributed by atoms with Crippen LogP contribution in [0.25, 0.3) is 11.3 Å². The molecule has 0 aliphatic carbocycles. The molecule has 0 radical (unpaired) electrons. The lowest BCUT2D eigenvalue weighted by Crippen LogP contribution is -2.06. The predicted octanol–water partition coefficient (Wildman–Crippen LogP) is 5.84. The molecule has 0 saturated carbocycles. The van der Waals surface area contributed by atoms with Gasteiger partial charge in [-0.3, -0.25) is 0 Å². The molecule has 1 aromatic heterocycles. The van der Waals surface area contributed by atoms with Gasteiger partial charge in [0.05, 0.1) is 17.6 Å². The van der Waals surface area contributed by atoms with Gasteiger partial charge in [0.15, 0.2) is 0 Å². The third kappa shape index (κ3) is 4.51. The molecule has 0 fully saturated rings. The van der Waals surface area contributed by atoms with E-state index >= 15 is 0 Å². The summed E-state index contributed by atoms with van der Waals surface area (Å²) in [6, 6.07) is 11.4. The molecule has 6 heteroatoms. The van der Waals surface area contributed by atoms with Gasteiger partial charge in [0.25, 0.3) is 0 Å². The van der Waals surface area contributed by atoms with E-state index < -0.39 is 11.7 Å². The van der Waals surface area contributed by atoms with E-state index in [1.165, 1.54) is 17.7 Å². The molecule has 3 nitrogen and oxygen atoms in total. The molecule has 27 heavy (non-hydrogen) atoms. The number of alkyl halides is 3. The SMILES string of the molecule is CC(C)c1ccc(NCc2ccc(C(F)(F)F)cc2)c(-c2cn(C)cn2)c1. The topological polar surface area (TPSA) is 29.9 Å². The number of halogens is 3. The second-order valence-corrected chi connectivity index (χ2v) is 6.93. The first-order valence-corrected chi connectivity index (χ1v) is 8.76. The Bertz CT molecular complexity index is 909. The van der Waals surface area contributed by atoms with Gasteiger partial charge in [-0.05, 0) is 41.3 Å². The van der Waals surface area contributed by atoms with Crippen LogP contribution < -0.4 is 5.32 Å². The minimum absolute atomic E-state index is 0.386. The second kappa shape index (κ2) is 7.47. The fraction of sp³-hybridized carbons (Fsp3) is 0.286. The second-order valence-electron chi connectivity index (χ2n) is 6.93. The van der Waals surface area contributed by atoms with Crippen LogP contribution in [0.5, 0.6) is 0 Å². The van der Waals surface area contributed by atoms with Crippen molar-refractivity contribution in [2.24, 2.45) is 7.05 Å². The van der Waals surface area contributed by atoms with Crippen molar-refractivity contribution >= 4 is 5.69 Å². The maximum absolute atomic E-state index is 12.7. The summed E-state index contributed by atoms with van der Waals surface area (Å²) in [6.45, 7) is 4.69. The van der Waals surface area contributed by atoms with E-state index in [0.717, 1.165) is 34.6 Å².